The summed E-state index contributed by atoms with van der Waals surface area (Å²) >= 11 is 5.16. The smallest absolute Gasteiger partial charge is 0.123 e. The van der Waals surface area contributed by atoms with Gasteiger partial charge in [-0.15, -0.1) is 16.4 Å². The second-order valence-corrected chi connectivity index (χ2v) is 7.33. The molecule has 112 valence electrons. The van der Waals surface area contributed by atoms with E-state index < -0.39 is 0 Å². The van der Waals surface area contributed by atoms with E-state index in [1.54, 1.807) is 11.3 Å². The van der Waals surface area contributed by atoms with Crippen LogP contribution in [0, 0.1) is 0 Å². The van der Waals surface area contributed by atoms with Gasteiger partial charge in [0.1, 0.15) is 5.01 Å². The van der Waals surface area contributed by atoms with Crippen molar-refractivity contribution in [3.63, 3.8) is 0 Å². The molecule has 1 aromatic carbocycles. The number of aryl methyl sites for hydroxylation is 2. The number of hydrogen-bond donors (Lipinski definition) is 0. The van der Waals surface area contributed by atoms with Crippen LogP contribution in [-0.4, -0.2) is 20.0 Å². The average molecular weight is 375 g/mol. The van der Waals surface area contributed by atoms with Gasteiger partial charge in [0, 0.05) is 34.3 Å². The molecule has 2 heterocycles. The van der Waals surface area contributed by atoms with Crippen molar-refractivity contribution in [3.8, 4) is 10.6 Å². The SMILES string of the molecule is Brc1ccc(-c2nc(CCn3nncc3C3CC3)cs2)cc1. The van der Waals surface area contributed by atoms with Crippen LogP contribution < -0.4 is 0 Å². The third-order valence-electron chi connectivity index (χ3n) is 3.87. The molecule has 1 fully saturated rings. The summed E-state index contributed by atoms with van der Waals surface area (Å²) in [6, 6.07) is 8.28. The Morgan fingerprint density at radius 3 is 2.82 bits per heavy atom. The van der Waals surface area contributed by atoms with Gasteiger partial charge in [0.05, 0.1) is 17.6 Å². The van der Waals surface area contributed by atoms with Crippen LogP contribution in [0.15, 0.2) is 40.3 Å². The highest BCUT2D eigenvalue weighted by molar-refractivity contribution is 9.10. The third kappa shape index (κ3) is 2.98. The fraction of sp³-hybridized carbons (Fsp3) is 0.312. The van der Waals surface area contributed by atoms with Crippen molar-refractivity contribution in [1.29, 1.82) is 0 Å². The van der Waals surface area contributed by atoms with Gasteiger partial charge in [-0.1, -0.05) is 33.3 Å². The van der Waals surface area contributed by atoms with Gasteiger partial charge < -0.3 is 0 Å². The molecule has 4 rings (SSSR count). The summed E-state index contributed by atoms with van der Waals surface area (Å²) in [4.78, 5) is 4.74. The first kappa shape index (κ1) is 14.1. The van der Waals surface area contributed by atoms with E-state index in [-0.39, 0.29) is 0 Å². The monoisotopic (exact) mass is 374 g/mol. The Labute approximate surface area is 141 Å². The van der Waals surface area contributed by atoms with Gasteiger partial charge in [-0.25, -0.2) is 9.67 Å². The van der Waals surface area contributed by atoms with Crippen LogP contribution in [-0.2, 0) is 13.0 Å². The number of halogens is 1. The van der Waals surface area contributed by atoms with Crippen molar-refractivity contribution in [2.45, 2.75) is 31.7 Å². The summed E-state index contributed by atoms with van der Waals surface area (Å²) in [6.45, 7) is 0.856. The third-order valence-corrected chi connectivity index (χ3v) is 5.33. The van der Waals surface area contributed by atoms with Crippen LogP contribution in [0.4, 0.5) is 0 Å². The minimum Gasteiger partial charge on any atom is -0.249 e. The summed E-state index contributed by atoms with van der Waals surface area (Å²) in [7, 11) is 0. The number of hydrogen-bond acceptors (Lipinski definition) is 4. The van der Waals surface area contributed by atoms with E-state index in [1.807, 2.05) is 23.0 Å². The van der Waals surface area contributed by atoms with Gasteiger partial charge in [-0.3, -0.25) is 0 Å². The molecule has 1 aliphatic carbocycles. The molecule has 3 aromatic rings. The Kier molecular flexibility index (Phi) is 3.80. The van der Waals surface area contributed by atoms with Crippen LogP contribution in [0.2, 0.25) is 0 Å². The molecule has 1 aliphatic rings. The number of aromatic nitrogens is 4. The Hall–Kier alpha value is -1.53. The highest BCUT2D eigenvalue weighted by Crippen LogP contribution is 2.39. The van der Waals surface area contributed by atoms with Crippen molar-refractivity contribution in [2.24, 2.45) is 0 Å². The Bertz CT molecular complexity index is 774. The topological polar surface area (TPSA) is 43.6 Å². The maximum atomic E-state index is 4.74. The molecule has 0 spiro atoms. The normalized spacial score (nSPS) is 14.4. The molecule has 4 nitrogen and oxygen atoms in total. The molecule has 0 bridgehead atoms. The van der Waals surface area contributed by atoms with Gasteiger partial charge in [0.15, 0.2) is 0 Å². The Morgan fingerprint density at radius 1 is 1.23 bits per heavy atom. The van der Waals surface area contributed by atoms with Crippen molar-refractivity contribution >= 4 is 27.3 Å². The minimum atomic E-state index is 0.684. The van der Waals surface area contributed by atoms with Gasteiger partial charge in [-0.05, 0) is 25.0 Å². The summed E-state index contributed by atoms with van der Waals surface area (Å²) in [5.74, 6) is 0.684. The largest absolute Gasteiger partial charge is 0.249 e. The lowest BCUT2D eigenvalue weighted by atomic mass is 10.2. The zero-order valence-corrected chi connectivity index (χ0v) is 14.3. The first-order valence-electron chi connectivity index (χ1n) is 7.38. The lowest BCUT2D eigenvalue weighted by Crippen LogP contribution is -2.07. The van der Waals surface area contributed by atoms with E-state index in [4.69, 9.17) is 4.98 Å². The van der Waals surface area contributed by atoms with Crippen molar-refractivity contribution < 1.29 is 0 Å². The van der Waals surface area contributed by atoms with E-state index in [0.717, 1.165) is 28.1 Å². The fourth-order valence-corrected chi connectivity index (χ4v) is 3.63. The molecule has 6 heteroatoms. The second-order valence-electron chi connectivity index (χ2n) is 5.56. The van der Waals surface area contributed by atoms with Crippen LogP contribution in [0.1, 0.15) is 30.1 Å². The molecule has 1 saturated carbocycles. The average Bonchev–Trinajstić information content (AvgIpc) is 3.09. The lowest BCUT2D eigenvalue weighted by Gasteiger charge is -2.03. The van der Waals surface area contributed by atoms with Gasteiger partial charge in [0.2, 0.25) is 0 Å². The van der Waals surface area contributed by atoms with Gasteiger partial charge >= 0.3 is 0 Å². The van der Waals surface area contributed by atoms with Crippen LogP contribution in [0.3, 0.4) is 0 Å². The fourth-order valence-electron chi connectivity index (χ4n) is 2.50. The number of thiazole rings is 1. The quantitative estimate of drug-likeness (QED) is 0.669. The molecule has 0 amide bonds. The molecule has 0 unspecified atom stereocenters. The van der Waals surface area contributed by atoms with E-state index in [1.165, 1.54) is 24.1 Å². The van der Waals surface area contributed by atoms with E-state index in [2.05, 4.69) is 43.8 Å². The van der Waals surface area contributed by atoms with Crippen molar-refractivity contribution in [3.05, 3.63) is 51.7 Å². The molecule has 0 N–H and O–H groups in total. The molecule has 0 atom stereocenters. The van der Waals surface area contributed by atoms with E-state index in [9.17, 15) is 0 Å². The summed E-state index contributed by atoms with van der Waals surface area (Å²) in [5, 5.41) is 11.5. The maximum Gasteiger partial charge on any atom is 0.123 e. The van der Waals surface area contributed by atoms with E-state index in [0.29, 0.717) is 5.92 Å². The number of benzene rings is 1. The molecular formula is C16H15BrN4S. The molecule has 2 aromatic heterocycles. The first-order valence-corrected chi connectivity index (χ1v) is 9.05. The van der Waals surface area contributed by atoms with Gasteiger partial charge in [0.25, 0.3) is 0 Å². The predicted molar refractivity (Wildman–Crippen MR) is 91.0 cm³/mol. The number of nitrogens with zero attached hydrogens (tertiary/aromatic N) is 4. The summed E-state index contributed by atoms with van der Waals surface area (Å²) in [5.41, 5.74) is 3.57. The molecule has 0 aliphatic heterocycles. The predicted octanol–water partition coefficient (Wildman–Crippen LogP) is 4.28. The highest BCUT2D eigenvalue weighted by atomic mass is 79.9. The zero-order valence-electron chi connectivity index (χ0n) is 11.9. The van der Waals surface area contributed by atoms with Gasteiger partial charge in [-0.2, -0.15) is 0 Å². The summed E-state index contributed by atoms with van der Waals surface area (Å²) < 4.78 is 3.13. The Balaban J connectivity index is 1.45. The minimum absolute atomic E-state index is 0.684. The van der Waals surface area contributed by atoms with Crippen LogP contribution in [0.25, 0.3) is 10.6 Å². The van der Waals surface area contributed by atoms with Crippen molar-refractivity contribution in [1.82, 2.24) is 20.0 Å². The second kappa shape index (κ2) is 5.93. The van der Waals surface area contributed by atoms with E-state index >= 15 is 0 Å². The Morgan fingerprint density at radius 2 is 2.05 bits per heavy atom. The standard InChI is InChI=1S/C16H15BrN4S/c17-13-5-3-12(4-6-13)16-19-14(10-22-16)7-8-21-15(9-18-20-21)11-1-2-11/h3-6,9-11H,1-2,7-8H2. The lowest BCUT2D eigenvalue weighted by molar-refractivity contribution is 0.562. The number of rotatable bonds is 5. The highest BCUT2D eigenvalue weighted by Gasteiger charge is 2.27. The molecule has 0 radical (unpaired) electrons. The zero-order chi connectivity index (χ0) is 14.9. The molecule has 0 saturated heterocycles. The van der Waals surface area contributed by atoms with Crippen molar-refractivity contribution in [2.75, 3.05) is 0 Å². The van der Waals surface area contributed by atoms with Crippen LogP contribution >= 0.6 is 27.3 Å². The van der Waals surface area contributed by atoms with Crippen LogP contribution in [0.5, 0.6) is 0 Å². The molecular weight excluding hydrogens is 360 g/mol. The maximum absolute atomic E-state index is 4.74. The summed E-state index contributed by atoms with van der Waals surface area (Å²) in [6.07, 6.45) is 5.36. The molecule has 22 heavy (non-hydrogen) atoms. The first-order chi connectivity index (χ1) is 10.8.